The lowest BCUT2D eigenvalue weighted by Crippen LogP contribution is -2.13. The Kier molecular flexibility index (Phi) is 2.60. The first-order chi connectivity index (χ1) is 8.31. The number of hydrogen-bond acceptors (Lipinski definition) is 6. The highest BCUT2D eigenvalue weighted by atomic mass is 32.1. The highest BCUT2D eigenvalue weighted by Crippen LogP contribution is 2.37. The number of nitrogens with two attached hydrogens (primary N) is 1. The van der Waals surface area contributed by atoms with Crippen molar-refractivity contribution in [3.8, 4) is 0 Å². The largest absolute Gasteiger partial charge is 0.366 e. The number of aromatic nitrogens is 2. The summed E-state index contributed by atoms with van der Waals surface area (Å²) in [5.74, 6) is 7.53. The number of thiophene rings is 1. The minimum absolute atomic E-state index is 0.469. The van der Waals surface area contributed by atoms with E-state index in [2.05, 4.69) is 27.6 Å². The van der Waals surface area contributed by atoms with E-state index < -0.39 is 0 Å². The van der Waals surface area contributed by atoms with Crippen LogP contribution in [-0.2, 0) is 0 Å². The van der Waals surface area contributed by atoms with Gasteiger partial charge in [0.05, 0.1) is 5.39 Å². The van der Waals surface area contributed by atoms with E-state index in [-0.39, 0.29) is 0 Å². The number of nitrogen functional groups attached to an aromatic ring is 1. The van der Waals surface area contributed by atoms with Gasteiger partial charge in [0.1, 0.15) is 10.6 Å². The molecule has 0 spiro atoms. The fourth-order valence-corrected chi connectivity index (χ4v) is 2.85. The fraction of sp³-hybridized carbons (Fsp3) is 0.455. The Morgan fingerprint density at radius 2 is 2.41 bits per heavy atom. The number of rotatable bonds is 4. The second-order valence-electron chi connectivity index (χ2n) is 4.33. The van der Waals surface area contributed by atoms with Crippen molar-refractivity contribution >= 4 is 33.3 Å². The summed E-state index contributed by atoms with van der Waals surface area (Å²) >= 11 is 1.60. The van der Waals surface area contributed by atoms with Crippen LogP contribution in [0, 0.1) is 5.92 Å². The summed E-state index contributed by atoms with van der Waals surface area (Å²) in [6, 6.07) is 2.61. The van der Waals surface area contributed by atoms with Gasteiger partial charge in [0, 0.05) is 6.04 Å². The van der Waals surface area contributed by atoms with E-state index in [0.717, 1.165) is 22.0 Å². The van der Waals surface area contributed by atoms with E-state index >= 15 is 0 Å². The molecule has 0 aliphatic heterocycles. The van der Waals surface area contributed by atoms with Crippen LogP contribution in [0.4, 0.5) is 11.8 Å². The zero-order valence-electron chi connectivity index (χ0n) is 9.60. The lowest BCUT2D eigenvalue weighted by molar-refractivity contribution is 0.774. The zero-order chi connectivity index (χ0) is 11.8. The molecule has 1 fully saturated rings. The van der Waals surface area contributed by atoms with Gasteiger partial charge in [-0.1, -0.05) is 13.3 Å². The second kappa shape index (κ2) is 4.12. The van der Waals surface area contributed by atoms with E-state index in [1.807, 2.05) is 11.4 Å². The van der Waals surface area contributed by atoms with Crippen LogP contribution in [0.5, 0.6) is 0 Å². The molecule has 0 radical (unpaired) electrons. The summed E-state index contributed by atoms with van der Waals surface area (Å²) in [6.07, 6.45) is 2.45. The highest BCUT2D eigenvalue weighted by Gasteiger charge is 2.35. The van der Waals surface area contributed by atoms with Crippen LogP contribution in [0.3, 0.4) is 0 Å². The van der Waals surface area contributed by atoms with Crippen molar-refractivity contribution in [1.29, 1.82) is 0 Å². The minimum atomic E-state index is 0.469. The first-order valence-corrected chi connectivity index (χ1v) is 6.68. The molecule has 0 bridgehead atoms. The monoisotopic (exact) mass is 249 g/mol. The number of nitrogens with one attached hydrogen (secondary N) is 2. The maximum absolute atomic E-state index is 5.38. The summed E-state index contributed by atoms with van der Waals surface area (Å²) < 4.78 is 0. The quantitative estimate of drug-likeness (QED) is 0.572. The predicted molar refractivity (Wildman–Crippen MR) is 71.0 cm³/mol. The van der Waals surface area contributed by atoms with Gasteiger partial charge < -0.3 is 5.32 Å². The molecule has 2 aromatic heterocycles. The van der Waals surface area contributed by atoms with E-state index in [1.54, 1.807) is 11.3 Å². The van der Waals surface area contributed by atoms with E-state index in [4.69, 9.17) is 5.84 Å². The van der Waals surface area contributed by atoms with Crippen molar-refractivity contribution in [2.24, 2.45) is 11.8 Å². The van der Waals surface area contributed by atoms with Crippen molar-refractivity contribution in [3.05, 3.63) is 11.4 Å². The normalized spacial score (nSPS) is 22.7. The van der Waals surface area contributed by atoms with Gasteiger partial charge in [0.25, 0.3) is 0 Å². The molecule has 17 heavy (non-hydrogen) atoms. The lowest BCUT2D eigenvalue weighted by Gasteiger charge is -2.07. The van der Waals surface area contributed by atoms with Crippen molar-refractivity contribution < 1.29 is 0 Å². The first kappa shape index (κ1) is 10.7. The molecule has 1 aliphatic carbocycles. The molecule has 0 saturated heterocycles. The molecule has 0 amide bonds. The third kappa shape index (κ3) is 1.94. The van der Waals surface area contributed by atoms with Crippen LogP contribution in [-0.4, -0.2) is 16.0 Å². The Labute approximate surface area is 103 Å². The average molecular weight is 249 g/mol. The SMILES string of the molecule is CCC1CC1Nc1nc(NN)nc2sccc12. The third-order valence-electron chi connectivity index (χ3n) is 3.22. The molecule has 1 aliphatic rings. The van der Waals surface area contributed by atoms with Crippen LogP contribution in [0.25, 0.3) is 10.2 Å². The molecule has 2 unspecified atom stereocenters. The molecule has 2 aromatic rings. The summed E-state index contributed by atoms with van der Waals surface area (Å²) in [5, 5.41) is 6.58. The number of nitrogens with zero attached hydrogens (tertiary/aromatic N) is 2. The Morgan fingerprint density at radius 1 is 1.53 bits per heavy atom. The number of fused-ring (bicyclic) bond motifs is 1. The van der Waals surface area contributed by atoms with Gasteiger partial charge in [-0.25, -0.2) is 10.8 Å². The topological polar surface area (TPSA) is 75.9 Å². The van der Waals surface area contributed by atoms with Crippen LogP contribution < -0.4 is 16.6 Å². The molecule has 2 atom stereocenters. The van der Waals surface area contributed by atoms with Crippen LogP contribution in [0.2, 0.25) is 0 Å². The van der Waals surface area contributed by atoms with E-state index in [1.165, 1.54) is 12.8 Å². The molecule has 6 heteroatoms. The average Bonchev–Trinajstić information content (AvgIpc) is 2.92. The maximum Gasteiger partial charge on any atom is 0.240 e. The van der Waals surface area contributed by atoms with Gasteiger partial charge in [0.2, 0.25) is 5.95 Å². The molecule has 3 rings (SSSR count). The van der Waals surface area contributed by atoms with Gasteiger partial charge in [0.15, 0.2) is 0 Å². The summed E-state index contributed by atoms with van der Waals surface area (Å²) in [7, 11) is 0. The lowest BCUT2D eigenvalue weighted by atomic mass is 10.3. The number of hydrogen-bond donors (Lipinski definition) is 3. The summed E-state index contributed by atoms with van der Waals surface area (Å²) in [6.45, 7) is 2.22. The Morgan fingerprint density at radius 3 is 3.12 bits per heavy atom. The van der Waals surface area contributed by atoms with Crippen LogP contribution >= 0.6 is 11.3 Å². The third-order valence-corrected chi connectivity index (χ3v) is 4.03. The molecular weight excluding hydrogens is 234 g/mol. The molecular formula is C11H15N5S. The molecule has 0 aromatic carbocycles. The van der Waals surface area contributed by atoms with E-state index in [0.29, 0.717) is 12.0 Å². The molecule has 5 nitrogen and oxygen atoms in total. The highest BCUT2D eigenvalue weighted by molar-refractivity contribution is 7.16. The van der Waals surface area contributed by atoms with Gasteiger partial charge in [-0.3, -0.25) is 5.43 Å². The van der Waals surface area contributed by atoms with Crippen molar-refractivity contribution in [3.63, 3.8) is 0 Å². The second-order valence-corrected chi connectivity index (χ2v) is 5.23. The molecule has 4 N–H and O–H groups in total. The van der Waals surface area contributed by atoms with Crippen molar-refractivity contribution in [2.75, 3.05) is 10.7 Å². The summed E-state index contributed by atoms with van der Waals surface area (Å²) in [5.41, 5.74) is 2.51. The Hall–Kier alpha value is -1.40. The predicted octanol–water partition coefficient (Wildman–Crippen LogP) is 2.19. The van der Waals surface area contributed by atoms with Gasteiger partial charge in [-0.2, -0.15) is 4.98 Å². The number of hydrazine groups is 1. The standard InChI is InChI=1S/C11H15N5S/c1-2-6-5-8(6)13-9-7-3-4-17-10(7)15-11(14-9)16-12/h3-4,6,8H,2,5,12H2,1H3,(H2,13,14,15,16). The van der Waals surface area contributed by atoms with E-state index in [9.17, 15) is 0 Å². The Bertz CT molecular complexity index is 538. The number of anilines is 2. The molecule has 1 saturated carbocycles. The first-order valence-electron chi connectivity index (χ1n) is 5.80. The fourth-order valence-electron chi connectivity index (χ4n) is 2.08. The van der Waals surface area contributed by atoms with Gasteiger partial charge in [-0.05, 0) is 23.8 Å². The Balaban J connectivity index is 1.93. The summed E-state index contributed by atoms with van der Waals surface area (Å²) in [4.78, 5) is 9.66. The molecule has 90 valence electrons. The van der Waals surface area contributed by atoms with Gasteiger partial charge >= 0.3 is 0 Å². The van der Waals surface area contributed by atoms with Crippen molar-refractivity contribution in [1.82, 2.24) is 9.97 Å². The molecule has 2 heterocycles. The smallest absolute Gasteiger partial charge is 0.240 e. The minimum Gasteiger partial charge on any atom is -0.366 e. The van der Waals surface area contributed by atoms with Crippen LogP contribution in [0.1, 0.15) is 19.8 Å². The maximum atomic E-state index is 5.38. The van der Waals surface area contributed by atoms with Crippen molar-refractivity contribution in [2.45, 2.75) is 25.8 Å². The van der Waals surface area contributed by atoms with Gasteiger partial charge in [-0.15, -0.1) is 11.3 Å². The van der Waals surface area contributed by atoms with Crippen LogP contribution in [0.15, 0.2) is 11.4 Å². The zero-order valence-corrected chi connectivity index (χ0v) is 10.4.